The zero-order valence-corrected chi connectivity index (χ0v) is 22.3. The van der Waals surface area contributed by atoms with Gasteiger partial charge in [0, 0.05) is 16.8 Å². The van der Waals surface area contributed by atoms with Gasteiger partial charge in [0.2, 0.25) is 0 Å². The molecule has 7 heteroatoms. The number of aryl methyl sites for hydroxylation is 1. The van der Waals surface area contributed by atoms with E-state index >= 15 is 0 Å². The number of ether oxygens (including phenoxy) is 1. The Hall–Kier alpha value is -5.56. The van der Waals surface area contributed by atoms with Crippen molar-refractivity contribution in [1.82, 2.24) is 9.66 Å². The molecule has 6 rings (SSSR count). The van der Waals surface area contributed by atoms with Crippen LogP contribution in [0.1, 0.15) is 11.1 Å². The number of carbonyl (C=O) groups excluding carboxylic acids is 1. The van der Waals surface area contributed by atoms with Crippen molar-refractivity contribution < 1.29 is 9.53 Å². The number of rotatable bonds is 7. The average molecular weight is 539 g/mol. The van der Waals surface area contributed by atoms with Crippen molar-refractivity contribution in [3.05, 3.63) is 137 Å². The van der Waals surface area contributed by atoms with E-state index in [0.29, 0.717) is 33.7 Å². The topological polar surface area (TPSA) is 85.6 Å². The summed E-state index contributed by atoms with van der Waals surface area (Å²) in [6.45, 7) is 1.79. The first-order valence-corrected chi connectivity index (χ1v) is 13.2. The molecule has 0 aliphatic carbocycles. The number of fused-ring (bicyclic) bond motifs is 2. The number of nitrogens with zero attached hydrogens (tertiary/aromatic N) is 3. The van der Waals surface area contributed by atoms with E-state index in [9.17, 15) is 9.59 Å². The predicted molar refractivity (Wildman–Crippen MR) is 164 cm³/mol. The molecule has 0 saturated heterocycles. The highest BCUT2D eigenvalue weighted by molar-refractivity contribution is 6.02. The molecular weight excluding hydrogens is 512 g/mol. The molecule has 1 heterocycles. The smallest absolute Gasteiger partial charge is 0.282 e. The summed E-state index contributed by atoms with van der Waals surface area (Å²) in [7, 11) is 0. The number of hydrogen-bond acceptors (Lipinski definition) is 5. The van der Waals surface area contributed by atoms with Gasteiger partial charge in [0.05, 0.1) is 17.1 Å². The van der Waals surface area contributed by atoms with E-state index in [4.69, 9.17) is 9.72 Å². The van der Waals surface area contributed by atoms with Crippen molar-refractivity contribution in [2.45, 2.75) is 6.92 Å². The third-order valence-electron chi connectivity index (χ3n) is 6.71. The normalized spacial score (nSPS) is 11.2. The highest BCUT2D eigenvalue weighted by atomic mass is 16.5. The van der Waals surface area contributed by atoms with Crippen molar-refractivity contribution in [2.24, 2.45) is 5.10 Å². The summed E-state index contributed by atoms with van der Waals surface area (Å²) in [5.41, 5.74) is 3.51. The maximum atomic E-state index is 13.6. The molecular formula is C34H26N4O3. The van der Waals surface area contributed by atoms with Crippen LogP contribution in [0.2, 0.25) is 0 Å². The number of benzene rings is 5. The number of nitrogens with one attached hydrogen (secondary N) is 1. The number of aromatic nitrogens is 2. The maximum absolute atomic E-state index is 13.6. The Labute approximate surface area is 236 Å². The van der Waals surface area contributed by atoms with Gasteiger partial charge in [0.15, 0.2) is 12.4 Å². The fourth-order valence-corrected chi connectivity index (χ4v) is 4.63. The molecule has 0 atom stereocenters. The van der Waals surface area contributed by atoms with E-state index in [1.807, 2.05) is 110 Å². The highest BCUT2D eigenvalue weighted by Crippen LogP contribution is 2.27. The minimum Gasteiger partial charge on any atom is -0.483 e. The van der Waals surface area contributed by atoms with E-state index in [1.165, 1.54) is 4.68 Å². The summed E-state index contributed by atoms with van der Waals surface area (Å²) < 4.78 is 7.31. The van der Waals surface area contributed by atoms with Gasteiger partial charge in [-0.1, -0.05) is 90.5 Å². The molecule has 41 heavy (non-hydrogen) atoms. The fourth-order valence-electron chi connectivity index (χ4n) is 4.63. The van der Waals surface area contributed by atoms with Crippen LogP contribution in [0.3, 0.4) is 0 Å². The van der Waals surface area contributed by atoms with Crippen molar-refractivity contribution in [1.29, 1.82) is 0 Å². The molecule has 0 aliphatic rings. The fraction of sp³-hybridized carbons (Fsp3) is 0.0588. The predicted octanol–water partition coefficient (Wildman–Crippen LogP) is 6.42. The van der Waals surface area contributed by atoms with Crippen LogP contribution in [-0.4, -0.2) is 28.4 Å². The van der Waals surface area contributed by atoms with Crippen LogP contribution in [0.25, 0.3) is 33.1 Å². The first-order valence-electron chi connectivity index (χ1n) is 13.2. The van der Waals surface area contributed by atoms with Crippen molar-refractivity contribution in [3.8, 4) is 17.1 Å². The highest BCUT2D eigenvalue weighted by Gasteiger charge is 2.14. The number of carbonyl (C=O) groups is 1. The molecule has 200 valence electrons. The molecule has 1 N–H and O–H groups in total. The molecule has 0 spiro atoms. The van der Waals surface area contributed by atoms with Crippen LogP contribution < -0.4 is 15.6 Å². The van der Waals surface area contributed by atoms with Crippen molar-refractivity contribution in [2.75, 3.05) is 11.9 Å². The van der Waals surface area contributed by atoms with Gasteiger partial charge >= 0.3 is 0 Å². The molecule has 1 amide bonds. The van der Waals surface area contributed by atoms with Crippen LogP contribution in [0.5, 0.6) is 5.75 Å². The number of para-hydroxylation sites is 1. The summed E-state index contributed by atoms with van der Waals surface area (Å²) in [5.74, 6) is 0.603. The van der Waals surface area contributed by atoms with Crippen molar-refractivity contribution >= 4 is 39.5 Å². The van der Waals surface area contributed by atoms with Gasteiger partial charge in [-0.3, -0.25) is 9.59 Å². The second-order valence-corrected chi connectivity index (χ2v) is 9.58. The molecule has 0 unspecified atom stereocenters. The Bertz CT molecular complexity index is 1960. The van der Waals surface area contributed by atoms with E-state index in [-0.39, 0.29) is 18.1 Å². The minimum absolute atomic E-state index is 0.195. The molecule has 0 saturated carbocycles. The van der Waals surface area contributed by atoms with Gasteiger partial charge in [0.25, 0.3) is 11.5 Å². The third-order valence-corrected chi connectivity index (χ3v) is 6.71. The van der Waals surface area contributed by atoms with Crippen LogP contribution in [-0.2, 0) is 4.79 Å². The second kappa shape index (κ2) is 11.3. The lowest BCUT2D eigenvalue weighted by Crippen LogP contribution is -2.21. The summed E-state index contributed by atoms with van der Waals surface area (Å²) in [5, 5.41) is 9.81. The summed E-state index contributed by atoms with van der Waals surface area (Å²) >= 11 is 0. The van der Waals surface area contributed by atoms with Crippen LogP contribution in [0.4, 0.5) is 5.69 Å². The molecule has 6 aromatic rings. The first kappa shape index (κ1) is 25.7. The lowest BCUT2D eigenvalue weighted by molar-refractivity contribution is -0.118. The first-order chi connectivity index (χ1) is 20.1. The molecule has 0 bridgehead atoms. The molecule has 1 aromatic heterocycles. The Kier molecular flexibility index (Phi) is 7.07. The maximum Gasteiger partial charge on any atom is 0.282 e. The Balaban J connectivity index is 1.39. The molecule has 0 fully saturated rings. The average Bonchev–Trinajstić information content (AvgIpc) is 3.01. The van der Waals surface area contributed by atoms with Crippen LogP contribution in [0.15, 0.2) is 125 Å². The standard InChI is InChI=1S/C34H26N4O3/c1-23-15-18-26(19-16-23)36-32(39)22-41-31-20-17-24-9-5-6-12-27(24)29(31)21-35-38-33(25-10-3-2-4-11-25)37-30-14-8-7-13-28(30)34(38)40/h2-21H,22H2,1H3,(H,36,39). The Morgan fingerprint density at radius 1 is 0.854 bits per heavy atom. The summed E-state index contributed by atoms with van der Waals surface area (Å²) in [6, 6.07) is 35.8. The molecule has 0 radical (unpaired) electrons. The van der Waals surface area contributed by atoms with E-state index in [0.717, 1.165) is 21.9 Å². The second-order valence-electron chi connectivity index (χ2n) is 9.58. The van der Waals surface area contributed by atoms with Crippen molar-refractivity contribution in [3.63, 3.8) is 0 Å². The molecule has 0 aliphatic heterocycles. The summed E-state index contributed by atoms with van der Waals surface area (Å²) in [6.07, 6.45) is 1.60. The van der Waals surface area contributed by atoms with Crippen LogP contribution >= 0.6 is 0 Å². The third kappa shape index (κ3) is 5.46. The minimum atomic E-state index is -0.286. The largest absolute Gasteiger partial charge is 0.483 e. The van der Waals surface area contributed by atoms with Gasteiger partial charge in [-0.05, 0) is 48.0 Å². The number of anilines is 1. The Morgan fingerprint density at radius 3 is 2.37 bits per heavy atom. The lowest BCUT2D eigenvalue weighted by Gasteiger charge is -2.13. The van der Waals surface area contributed by atoms with Gasteiger partial charge in [0.1, 0.15) is 5.75 Å². The Morgan fingerprint density at radius 2 is 1.56 bits per heavy atom. The molecule has 7 nitrogen and oxygen atoms in total. The van der Waals surface area contributed by atoms with E-state index < -0.39 is 0 Å². The zero-order chi connectivity index (χ0) is 28.2. The van der Waals surface area contributed by atoms with Crippen LogP contribution in [0, 0.1) is 6.92 Å². The number of amides is 1. The summed E-state index contributed by atoms with van der Waals surface area (Å²) in [4.78, 5) is 31.1. The van der Waals surface area contributed by atoms with Gasteiger partial charge in [-0.25, -0.2) is 4.98 Å². The van der Waals surface area contributed by atoms with Gasteiger partial charge in [-0.2, -0.15) is 9.78 Å². The van der Waals surface area contributed by atoms with Gasteiger partial charge in [-0.15, -0.1) is 0 Å². The quantitative estimate of drug-likeness (QED) is 0.238. The SMILES string of the molecule is Cc1ccc(NC(=O)COc2ccc3ccccc3c2C=Nn2c(-c3ccccc3)nc3ccccc3c2=O)cc1. The molecule has 5 aromatic carbocycles. The zero-order valence-electron chi connectivity index (χ0n) is 22.3. The van der Waals surface area contributed by atoms with E-state index in [1.54, 1.807) is 18.3 Å². The number of hydrogen-bond donors (Lipinski definition) is 1. The van der Waals surface area contributed by atoms with E-state index in [2.05, 4.69) is 10.4 Å². The van der Waals surface area contributed by atoms with Gasteiger partial charge < -0.3 is 10.1 Å². The lowest BCUT2D eigenvalue weighted by atomic mass is 10.0. The monoisotopic (exact) mass is 538 g/mol.